The molecule has 0 radical (unpaired) electrons. The number of dihydropyridines is 1. The SMILES string of the molecule is CC1=C2C=CC=C(Cc3ccccc3P(C)Cc3ccccc3P(C)CCP(C)C1)N2. The summed E-state index contributed by atoms with van der Waals surface area (Å²) in [6.07, 6.45) is 12.9. The van der Waals surface area contributed by atoms with Gasteiger partial charge in [-0.25, -0.2) is 0 Å². The van der Waals surface area contributed by atoms with Crippen LogP contribution in [-0.4, -0.2) is 38.5 Å². The highest BCUT2D eigenvalue weighted by Gasteiger charge is 2.18. The van der Waals surface area contributed by atoms with Gasteiger partial charge < -0.3 is 5.32 Å². The summed E-state index contributed by atoms with van der Waals surface area (Å²) in [5.41, 5.74) is 7.21. The van der Waals surface area contributed by atoms with Gasteiger partial charge in [0, 0.05) is 17.8 Å². The molecule has 2 aromatic carbocycles. The van der Waals surface area contributed by atoms with E-state index in [1.165, 1.54) is 47.2 Å². The lowest BCUT2D eigenvalue weighted by Crippen LogP contribution is -2.21. The standard InChI is InChI=1S/C27H34NP3/c1-21-19-29(2)16-17-30(3)27-15-8-6-11-23(27)20-31(4)26-14-7-5-10-22(26)18-24-12-9-13-25(21)28-24/h5-15,28H,16-20H2,1-4H3. The molecule has 0 saturated carbocycles. The summed E-state index contributed by atoms with van der Waals surface area (Å²) in [6, 6.07) is 18.4. The minimum absolute atomic E-state index is 0.0282. The molecule has 1 nitrogen and oxygen atoms in total. The molecule has 2 bridgehead atoms. The predicted molar refractivity (Wildman–Crippen MR) is 146 cm³/mol. The van der Waals surface area contributed by atoms with E-state index in [-0.39, 0.29) is 23.8 Å². The highest BCUT2D eigenvalue weighted by Crippen LogP contribution is 2.42. The zero-order valence-electron chi connectivity index (χ0n) is 19.2. The predicted octanol–water partition coefficient (Wildman–Crippen LogP) is 6.35. The maximum absolute atomic E-state index is 3.76. The van der Waals surface area contributed by atoms with Crippen LogP contribution < -0.4 is 15.9 Å². The first-order chi connectivity index (χ1) is 15.0. The molecule has 0 aliphatic carbocycles. The van der Waals surface area contributed by atoms with E-state index in [0.717, 1.165) is 6.42 Å². The quantitative estimate of drug-likeness (QED) is 0.448. The second-order valence-corrected chi connectivity index (χ2v) is 15.8. The van der Waals surface area contributed by atoms with E-state index in [4.69, 9.17) is 0 Å². The van der Waals surface area contributed by atoms with Crippen molar-refractivity contribution in [1.29, 1.82) is 0 Å². The fourth-order valence-corrected chi connectivity index (χ4v) is 11.5. The summed E-state index contributed by atoms with van der Waals surface area (Å²) in [6.45, 7) is 9.78. The fourth-order valence-electron chi connectivity index (χ4n) is 4.47. The number of nitrogens with one attached hydrogen (secondary N) is 1. The first-order valence-electron chi connectivity index (χ1n) is 11.1. The van der Waals surface area contributed by atoms with Crippen LogP contribution in [0.4, 0.5) is 0 Å². The molecule has 4 rings (SSSR count). The van der Waals surface area contributed by atoms with E-state index in [0.29, 0.717) is 0 Å². The van der Waals surface area contributed by atoms with Gasteiger partial charge in [-0.15, -0.1) is 7.92 Å². The van der Waals surface area contributed by atoms with E-state index in [2.05, 4.69) is 99.0 Å². The summed E-state index contributed by atoms with van der Waals surface area (Å²) in [5, 5.41) is 6.95. The average Bonchev–Trinajstić information content (AvgIpc) is 2.78. The second kappa shape index (κ2) is 10.6. The number of rotatable bonds is 0. The van der Waals surface area contributed by atoms with Crippen molar-refractivity contribution in [3.8, 4) is 0 Å². The van der Waals surface area contributed by atoms with Crippen LogP contribution >= 0.6 is 23.8 Å². The molecule has 2 aliphatic heterocycles. The Hall–Kier alpha value is -1.25. The maximum atomic E-state index is 3.76. The van der Waals surface area contributed by atoms with Gasteiger partial charge in [0.25, 0.3) is 0 Å². The maximum Gasteiger partial charge on any atom is 0.0374 e. The van der Waals surface area contributed by atoms with Gasteiger partial charge in [0.2, 0.25) is 0 Å². The molecule has 2 aromatic rings. The minimum Gasteiger partial charge on any atom is -0.359 e. The third-order valence-corrected chi connectivity index (χ3v) is 12.8. The molecule has 3 unspecified atom stereocenters. The van der Waals surface area contributed by atoms with Crippen molar-refractivity contribution < 1.29 is 0 Å². The summed E-state index contributed by atoms with van der Waals surface area (Å²) in [4.78, 5) is 0. The summed E-state index contributed by atoms with van der Waals surface area (Å²) >= 11 is 0. The van der Waals surface area contributed by atoms with Gasteiger partial charge in [-0.1, -0.05) is 70.5 Å². The Morgan fingerprint density at radius 2 is 1.45 bits per heavy atom. The van der Waals surface area contributed by atoms with Crippen LogP contribution in [0.5, 0.6) is 0 Å². The van der Waals surface area contributed by atoms with E-state index >= 15 is 0 Å². The van der Waals surface area contributed by atoms with Crippen LogP contribution in [0, 0.1) is 0 Å². The molecule has 2 aliphatic rings. The molecule has 31 heavy (non-hydrogen) atoms. The number of allylic oxidation sites excluding steroid dienone is 5. The smallest absolute Gasteiger partial charge is 0.0374 e. The van der Waals surface area contributed by atoms with Gasteiger partial charge in [0.05, 0.1) is 0 Å². The Morgan fingerprint density at radius 3 is 2.23 bits per heavy atom. The molecule has 3 atom stereocenters. The van der Waals surface area contributed by atoms with Crippen LogP contribution in [-0.2, 0) is 12.6 Å². The summed E-state index contributed by atoms with van der Waals surface area (Å²) in [7, 11) is -0.305. The average molecular weight is 465 g/mol. The molecule has 0 fully saturated rings. The molecule has 0 saturated heterocycles. The topological polar surface area (TPSA) is 12.0 Å². The van der Waals surface area contributed by atoms with Gasteiger partial charge in [-0.3, -0.25) is 0 Å². The number of benzene rings is 2. The normalized spacial score (nSPS) is 24.6. The van der Waals surface area contributed by atoms with Gasteiger partial charge >= 0.3 is 0 Å². The van der Waals surface area contributed by atoms with Crippen molar-refractivity contribution >= 4 is 34.4 Å². The van der Waals surface area contributed by atoms with E-state index in [1.807, 2.05) is 0 Å². The van der Waals surface area contributed by atoms with E-state index < -0.39 is 0 Å². The van der Waals surface area contributed by atoms with Crippen molar-refractivity contribution in [2.24, 2.45) is 0 Å². The Morgan fingerprint density at radius 1 is 0.774 bits per heavy atom. The van der Waals surface area contributed by atoms with Crippen LogP contribution in [0.2, 0.25) is 0 Å². The van der Waals surface area contributed by atoms with Crippen LogP contribution in [0.25, 0.3) is 0 Å². The zero-order valence-corrected chi connectivity index (χ0v) is 21.9. The summed E-state index contributed by atoms with van der Waals surface area (Å²) < 4.78 is 0. The highest BCUT2D eigenvalue weighted by atomic mass is 31.1. The first kappa shape index (κ1) is 22.9. The van der Waals surface area contributed by atoms with E-state index in [9.17, 15) is 0 Å². The van der Waals surface area contributed by atoms with Gasteiger partial charge in [0.1, 0.15) is 0 Å². The highest BCUT2D eigenvalue weighted by molar-refractivity contribution is 7.67. The molecule has 0 aromatic heterocycles. The molecular weight excluding hydrogens is 431 g/mol. The van der Waals surface area contributed by atoms with Crippen LogP contribution in [0.3, 0.4) is 0 Å². The third kappa shape index (κ3) is 5.76. The molecule has 0 amide bonds. The molecule has 0 spiro atoms. The minimum atomic E-state index is -0.239. The van der Waals surface area contributed by atoms with Crippen LogP contribution in [0.1, 0.15) is 18.1 Å². The molecular formula is C27H34NP3. The Balaban J connectivity index is 1.73. The Labute approximate surface area is 192 Å². The number of hydrogen-bond acceptors (Lipinski definition) is 1. The van der Waals surface area contributed by atoms with Gasteiger partial charge in [-0.05, 0) is 91.0 Å². The summed E-state index contributed by atoms with van der Waals surface area (Å²) in [5.74, 6) is 0. The monoisotopic (exact) mass is 465 g/mol. The van der Waals surface area contributed by atoms with Gasteiger partial charge in [0.15, 0.2) is 0 Å². The van der Waals surface area contributed by atoms with Crippen LogP contribution in [0.15, 0.2) is 83.7 Å². The zero-order chi connectivity index (χ0) is 21.8. The van der Waals surface area contributed by atoms with Crippen molar-refractivity contribution in [1.82, 2.24) is 5.32 Å². The third-order valence-electron chi connectivity index (χ3n) is 6.23. The van der Waals surface area contributed by atoms with Crippen molar-refractivity contribution in [2.45, 2.75) is 19.5 Å². The second-order valence-electron chi connectivity index (χ2n) is 8.82. The van der Waals surface area contributed by atoms with Crippen molar-refractivity contribution in [2.75, 3.05) is 38.5 Å². The van der Waals surface area contributed by atoms with Gasteiger partial charge in [-0.2, -0.15) is 0 Å². The van der Waals surface area contributed by atoms with Crippen molar-refractivity contribution in [3.63, 3.8) is 0 Å². The number of hydrogen-bond donors (Lipinski definition) is 1. The lowest BCUT2D eigenvalue weighted by atomic mass is 10.1. The lowest BCUT2D eigenvalue weighted by molar-refractivity contribution is 0.909. The molecule has 4 heteroatoms. The Bertz CT molecular complexity index is 1020. The molecule has 2 heterocycles. The molecule has 162 valence electrons. The molecule has 1 N–H and O–H groups in total. The lowest BCUT2D eigenvalue weighted by Gasteiger charge is -2.25. The van der Waals surface area contributed by atoms with Crippen molar-refractivity contribution in [3.05, 3.63) is 94.9 Å². The fraction of sp³-hybridized carbons (Fsp3) is 0.333. The Kier molecular flexibility index (Phi) is 7.82. The van der Waals surface area contributed by atoms with E-state index in [1.54, 1.807) is 16.2 Å². The largest absolute Gasteiger partial charge is 0.359 e. The number of fused-ring (bicyclic) bond motifs is 4. The first-order valence-corrected chi connectivity index (χ1v) is 17.2.